The van der Waals surface area contributed by atoms with Gasteiger partial charge in [-0.2, -0.15) is 0 Å². The molecule has 0 fully saturated rings. The van der Waals surface area contributed by atoms with Crippen LogP contribution >= 0.6 is 0 Å². The molecule has 0 bridgehead atoms. The molecule has 0 unspecified atom stereocenters. The minimum absolute atomic E-state index is 0.249. The first-order chi connectivity index (χ1) is 10.9. The summed E-state index contributed by atoms with van der Waals surface area (Å²) < 4.78 is 11.6. The number of benzene rings is 1. The molecule has 3 rings (SSSR count). The standard InChI is InChI=1S/C19H26N2O2/c1-11(2)16-9-22-18(20-16)14-6-13(5)7-15(8-14)19-21-17(10-23-19)12(3)4/h6-8,11-12,16-17H,9-10H2,1-5H3/t16-,17-/m1/s1. The topological polar surface area (TPSA) is 43.2 Å². The van der Waals surface area contributed by atoms with Crippen LogP contribution in [0.5, 0.6) is 0 Å². The highest BCUT2D eigenvalue weighted by atomic mass is 16.5. The van der Waals surface area contributed by atoms with Gasteiger partial charge in [0.15, 0.2) is 0 Å². The van der Waals surface area contributed by atoms with Gasteiger partial charge in [-0.25, -0.2) is 9.98 Å². The molecule has 0 aromatic heterocycles. The summed E-state index contributed by atoms with van der Waals surface area (Å²) in [5.41, 5.74) is 3.20. The molecule has 23 heavy (non-hydrogen) atoms. The Labute approximate surface area is 138 Å². The van der Waals surface area contributed by atoms with Gasteiger partial charge in [-0.05, 0) is 42.5 Å². The fraction of sp³-hybridized carbons (Fsp3) is 0.579. The van der Waals surface area contributed by atoms with Crippen molar-refractivity contribution in [3.8, 4) is 0 Å². The van der Waals surface area contributed by atoms with Crippen LogP contribution in [-0.2, 0) is 9.47 Å². The van der Waals surface area contributed by atoms with E-state index >= 15 is 0 Å². The van der Waals surface area contributed by atoms with Gasteiger partial charge >= 0.3 is 0 Å². The second-order valence-corrected chi connectivity index (χ2v) is 7.20. The van der Waals surface area contributed by atoms with Crippen LogP contribution in [0.2, 0.25) is 0 Å². The maximum atomic E-state index is 5.81. The number of ether oxygens (including phenoxy) is 2. The van der Waals surface area contributed by atoms with Crippen LogP contribution in [0.4, 0.5) is 0 Å². The quantitative estimate of drug-likeness (QED) is 0.852. The van der Waals surface area contributed by atoms with E-state index in [1.165, 1.54) is 0 Å². The summed E-state index contributed by atoms with van der Waals surface area (Å²) in [5, 5.41) is 0. The number of aliphatic imine (C=N–C) groups is 2. The van der Waals surface area contributed by atoms with Crippen molar-refractivity contribution >= 4 is 11.8 Å². The van der Waals surface area contributed by atoms with E-state index in [0.29, 0.717) is 25.0 Å². The van der Waals surface area contributed by atoms with Crippen LogP contribution < -0.4 is 0 Å². The van der Waals surface area contributed by atoms with Crippen LogP contribution in [0.15, 0.2) is 28.2 Å². The summed E-state index contributed by atoms with van der Waals surface area (Å²) in [5.74, 6) is 2.47. The molecule has 1 aromatic carbocycles. The van der Waals surface area contributed by atoms with Crippen LogP contribution in [0.3, 0.4) is 0 Å². The lowest BCUT2D eigenvalue weighted by Gasteiger charge is -2.07. The second-order valence-electron chi connectivity index (χ2n) is 7.20. The minimum atomic E-state index is 0.249. The summed E-state index contributed by atoms with van der Waals surface area (Å²) in [6, 6.07) is 6.80. The fourth-order valence-electron chi connectivity index (χ4n) is 2.81. The number of nitrogens with zero attached hydrogens (tertiary/aromatic N) is 2. The molecule has 2 heterocycles. The molecule has 2 atom stereocenters. The maximum Gasteiger partial charge on any atom is 0.216 e. The maximum absolute atomic E-state index is 5.81. The van der Waals surface area contributed by atoms with Crippen LogP contribution in [0.25, 0.3) is 0 Å². The summed E-state index contributed by atoms with van der Waals surface area (Å²) in [7, 11) is 0. The first-order valence-corrected chi connectivity index (χ1v) is 8.47. The average molecular weight is 314 g/mol. The van der Waals surface area contributed by atoms with Gasteiger partial charge in [-0.3, -0.25) is 0 Å². The molecule has 0 spiro atoms. The Morgan fingerprint density at radius 1 is 0.826 bits per heavy atom. The van der Waals surface area contributed by atoms with Crippen molar-refractivity contribution in [1.82, 2.24) is 0 Å². The highest BCUT2D eigenvalue weighted by Crippen LogP contribution is 2.22. The predicted octanol–water partition coefficient (Wildman–Crippen LogP) is 3.60. The van der Waals surface area contributed by atoms with Crippen molar-refractivity contribution in [3.05, 3.63) is 34.9 Å². The Hall–Kier alpha value is -1.84. The van der Waals surface area contributed by atoms with Crippen molar-refractivity contribution in [3.63, 3.8) is 0 Å². The van der Waals surface area contributed by atoms with Gasteiger partial charge in [-0.1, -0.05) is 27.7 Å². The summed E-state index contributed by atoms with van der Waals surface area (Å²) >= 11 is 0. The molecule has 1 aromatic rings. The number of aryl methyl sites for hydroxylation is 1. The van der Waals surface area contributed by atoms with Crippen molar-refractivity contribution in [2.75, 3.05) is 13.2 Å². The Kier molecular flexibility index (Phi) is 4.42. The van der Waals surface area contributed by atoms with Gasteiger partial charge in [0.25, 0.3) is 0 Å². The van der Waals surface area contributed by atoms with E-state index in [0.717, 1.165) is 28.5 Å². The van der Waals surface area contributed by atoms with Gasteiger partial charge < -0.3 is 9.47 Å². The van der Waals surface area contributed by atoms with Crippen molar-refractivity contribution in [1.29, 1.82) is 0 Å². The molecule has 2 aliphatic rings. The average Bonchev–Trinajstić information content (AvgIpc) is 3.16. The third-order valence-corrected chi connectivity index (χ3v) is 4.46. The minimum Gasteiger partial charge on any atom is -0.475 e. The zero-order valence-electron chi connectivity index (χ0n) is 14.7. The Bertz CT molecular complexity index is 595. The lowest BCUT2D eigenvalue weighted by molar-refractivity contribution is 0.291. The molecule has 4 nitrogen and oxygen atoms in total. The Balaban J connectivity index is 1.89. The van der Waals surface area contributed by atoms with E-state index in [9.17, 15) is 0 Å². The van der Waals surface area contributed by atoms with E-state index < -0.39 is 0 Å². The zero-order chi connectivity index (χ0) is 16.6. The van der Waals surface area contributed by atoms with Crippen molar-refractivity contribution in [2.45, 2.75) is 46.7 Å². The normalized spacial score (nSPS) is 23.8. The monoisotopic (exact) mass is 314 g/mol. The summed E-state index contributed by atoms with van der Waals surface area (Å²) in [6.45, 7) is 12.1. The molecule has 0 aliphatic carbocycles. The van der Waals surface area contributed by atoms with Gasteiger partial charge in [-0.15, -0.1) is 0 Å². The molecule has 0 saturated carbocycles. The smallest absolute Gasteiger partial charge is 0.216 e. The van der Waals surface area contributed by atoms with E-state index in [1.54, 1.807) is 0 Å². The molecule has 2 aliphatic heterocycles. The second kappa shape index (κ2) is 6.34. The first-order valence-electron chi connectivity index (χ1n) is 8.47. The fourth-order valence-corrected chi connectivity index (χ4v) is 2.81. The highest BCUT2D eigenvalue weighted by Gasteiger charge is 2.26. The van der Waals surface area contributed by atoms with Gasteiger partial charge in [0.2, 0.25) is 11.8 Å². The lowest BCUT2D eigenvalue weighted by atomic mass is 10.1. The molecule has 0 N–H and O–H groups in total. The van der Waals surface area contributed by atoms with Crippen LogP contribution in [0, 0.1) is 18.8 Å². The molecular formula is C19H26N2O2. The lowest BCUT2D eigenvalue weighted by Crippen LogP contribution is -2.13. The van der Waals surface area contributed by atoms with Crippen molar-refractivity contribution < 1.29 is 9.47 Å². The van der Waals surface area contributed by atoms with E-state index in [1.807, 2.05) is 0 Å². The third-order valence-electron chi connectivity index (χ3n) is 4.46. The molecular weight excluding hydrogens is 288 g/mol. The summed E-state index contributed by atoms with van der Waals surface area (Å²) in [6.07, 6.45) is 0. The summed E-state index contributed by atoms with van der Waals surface area (Å²) in [4.78, 5) is 9.45. The third kappa shape index (κ3) is 3.41. The molecule has 0 saturated heterocycles. The largest absolute Gasteiger partial charge is 0.475 e. The van der Waals surface area contributed by atoms with Crippen LogP contribution in [-0.4, -0.2) is 37.1 Å². The first kappa shape index (κ1) is 16.0. The predicted molar refractivity (Wildman–Crippen MR) is 93.4 cm³/mol. The highest BCUT2D eigenvalue weighted by molar-refractivity contribution is 6.00. The SMILES string of the molecule is Cc1cc(C2=N[C@@H](C(C)C)CO2)cc(C2=N[C@@H](C(C)C)CO2)c1. The van der Waals surface area contributed by atoms with Crippen LogP contribution in [0.1, 0.15) is 44.4 Å². The van der Waals surface area contributed by atoms with Gasteiger partial charge in [0.1, 0.15) is 13.2 Å². The van der Waals surface area contributed by atoms with Gasteiger partial charge in [0.05, 0.1) is 12.1 Å². The Morgan fingerprint density at radius 2 is 1.26 bits per heavy atom. The van der Waals surface area contributed by atoms with Crippen molar-refractivity contribution in [2.24, 2.45) is 21.8 Å². The number of hydrogen-bond acceptors (Lipinski definition) is 4. The Morgan fingerprint density at radius 3 is 1.61 bits per heavy atom. The van der Waals surface area contributed by atoms with E-state index in [4.69, 9.17) is 19.5 Å². The number of hydrogen-bond donors (Lipinski definition) is 0. The van der Waals surface area contributed by atoms with Gasteiger partial charge in [0, 0.05) is 11.1 Å². The molecule has 124 valence electrons. The molecule has 4 heteroatoms. The molecule has 0 amide bonds. The molecule has 0 radical (unpaired) electrons. The van der Waals surface area contributed by atoms with E-state index in [2.05, 4.69) is 52.8 Å². The van der Waals surface area contributed by atoms with E-state index in [-0.39, 0.29) is 12.1 Å². The zero-order valence-corrected chi connectivity index (χ0v) is 14.7. The number of rotatable bonds is 4.